The van der Waals surface area contributed by atoms with Gasteiger partial charge in [0.1, 0.15) is 17.2 Å². The molecule has 1 saturated heterocycles. The lowest BCUT2D eigenvalue weighted by Crippen LogP contribution is -2.20. The van der Waals surface area contributed by atoms with E-state index in [1.54, 1.807) is 30.3 Å². The van der Waals surface area contributed by atoms with Gasteiger partial charge >= 0.3 is 0 Å². The Kier molecular flexibility index (Phi) is 9.17. The van der Waals surface area contributed by atoms with E-state index in [0.717, 1.165) is 32.7 Å². The zero-order chi connectivity index (χ0) is 27.0. The van der Waals surface area contributed by atoms with Gasteiger partial charge in [-0.15, -0.1) is 11.3 Å². The number of ether oxygens (including phenoxy) is 1. The van der Waals surface area contributed by atoms with Crippen LogP contribution >= 0.6 is 11.3 Å². The van der Waals surface area contributed by atoms with Crippen molar-refractivity contribution in [3.05, 3.63) is 77.9 Å². The molecule has 1 aliphatic rings. The van der Waals surface area contributed by atoms with E-state index in [-0.39, 0.29) is 17.3 Å². The average molecular weight is 544 g/mol. The highest BCUT2D eigenvalue weighted by atomic mass is 32.1. The van der Waals surface area contributed by atoms with Gasteiger partial charge in [-0.25, -0.2) is 0 Å². The number of hydrogen-bond acceptors (Lipinski definition) is 6. The number of nitrogens with zero attached hydrogens (tertiary/aromatic N) is 1. The molecule has 0 saturated carbocycles. The SMILES string of the molecule is O=C(c1ccc(OCCCCCCCCN2CCCC2)cc1)c1c(-c2ccc(O)cc2)sc2cc(O)ccc12. The minimum atomic E-state index is -0.0775. The molecule has 1 aliphatic heterocycles. The van der Waals surface area contributed by atoms with Crippen LogP contribution in [0.5, 0.6) is 17.2 Å². The number of rotatable bonds is 13. The summed E-state index contributed by atoms with van der Waals surface area (Å²) in [7, 11) is 0. The zero-order valence-electron chi connectivity index (χ0n) is 22.4. The Morgan fingerprint density at radius 1 is 0.795 bits per heavy atom. The Balaban J connectivity index is 1.15. The van der Waals surface area contributed by atoms with Gasteiger partial charge in [0.25, 0.3) is 0 Å². The lowest BCUT2D eigenvalue weighted by atomic mass is 9.97. The molecule has 39 heavy (non-hydrogen) atoms. The average Bonchev–Trinajstić information content (AvgIpc) is 3.60. The molecular weight excluding hydrogens is 506 g/mol. The van der Waals surface area contributed by atoms with Crippen molar-refractivity contribution in [2.24, 2.45) is 0 Å². The Labute approximate surface area is 234 Å². The fourth-order valence-corrected chi connectivity index (χ4v) is 6.55. The van der Waals surface area contributed by atoms with Crippen molar-refractivity contribution in [2.45, 2.75) is 51.4 Å². The number of fused-ring (bicyclic) bond motifs is 1. The quantitative estimate of drug-likeness (QED) is 0.132. The lowest BCUT2D eigenvalue weighted by Gasteiger charge is -2.13. The smallest absolute Gasteiger partial charge is 0.195 e. The Hall–Kier alpha value is -3.35. The standard InChI is InChI=1S/C33H37NO4S/c35-26-13-9-25(10-14-26)33-31(29-18-15-27(36)23-30(29)39-33)32(37)24-11-16-28(17-12-24)38-22-8-4-2-1-3-5-19-34-20-6-7-21-34/h9-18,23,35-36H,1-8,19-22H2. The van der Waals surface area contributed by atoms with E-state index in [2.05, 4.69) is 4.90 Å². The molecular formula is C33H37NO4S. The van der Waals surface area contributed by atoms with E-state index < -0.39 is 0 Å². The topological polar surface area (TPSA) is 70.0 Å². The third-order valence-electron chi connectivity index (χ3n) is 7.48. The first kappa shape index (κ1) is 27.2. The van der Waals surface area contributed by atoms with Gasteiger partial charge in [-0.3, -0.25) is 4.79 Å². The minimum Gasteiger partial charge on any atom is -0.508 e. The number of carbonyl (C=O) groups is 1. The Bertz CT molecular complexity index is 1370. The molecule has 3 aromatic carbocycles. The van der Waals surface area contributed by atoms with Gasteiger partial charge in [-0.2, -0.15) is 0 Å². The number of phenols is 2. The third kappa shape index (κ3) is 7.00. The predicted molar refractivity (Wildman–Crippen MR) is 159 cm³/mol. The van der Waals surface area contributed by atoms with Crippen LogP contribution in [0.4, 0.5) is 0 Å². The van der Waals surface area contributed by atoms with Crippen LogP contribution in [0.2, 0.25) is 0 Å². The molecule has 5 nitrogen and oxygen atoms in total. The van der Waals surface area contributed by atoms with E-state index in [0.29, 0.717) is 17.7 Å². The highest BCUT2D eigenvalue weighted by Gasteiger charge is 2.22. The Morgan fingerprint density at radius 3 is 2.21 bits per heavy atom. The van der Waals surface area contributed by atoms with Gasteiger partial charge in [0.15, 0.2) is 5.78 Å². The number of benzene rings is 3. The summed E-state index contributed by atoms with van der Waals surface area (Å²) in [6.45, 7) is 4.55. The van der Waals surface area contributed by atoms with Crippen molar-refractivity contribution in [1.29, 1.82) is 0 Å². The lowest BCUT2D eigenvalue weighted by molar-refractivity contribution is 0.104. The fraction of sp³-hybridized carbons (Fsp3) is 0.364. The van der Waals surface area contributed by atoms with Gasteiger partial charge < -0.3 is 19.8 Å². The number of thiophene rings is 1. The minimum absolute atomic E-state index is 0.0775. The molecule has 6 heteroatoms. The number of carbonyl (C=O) groups excluding carboxylic acids is 1. The van der Waals surface area contributed by atoms with E-state index >= 15 is 0 Å². The summed E-state index contributed by atoms with van der Waals surface area (Å²) < 4.78 is 6.79. The number of unbranched alkanes of at least 4 members (excludes halogenated alkanes) is 5. The van der Waals surface area contributed by atoms with Crippen molar-refractivity contribution in [3.63, 3.8) is 0 Å². The van der Waals surface area contributed by atoms with E-state index in [1.807, 2.05) is 36.4 Å². The second-order valence-corrected chi connectivity index (χ2v) is 11.5. The monoisotopic (exact) mass is 543 g/mol. The highest BCUT2D eigenvalue weighted by molar-refractivity contribution is 7.22. The first-order chi connectivity index (χ1) is 19.1. The summed E-state index contributed by atoms with van der Waals surface area (Å²) in [4.78, 5) is 17.1. The van der Waals surface area contributed by atoms with Crippen LogP contribution in [0.3, 0.4) is 0 Å². The molecule has 4 aromatic rings. The van der Waals surface area contributed by atoms with Gasteiger partial charge in [0.05, 0.1) is 6.61 Å². The molecule has 2 heterocycles. The Morgan fingerprint density at radius 2 is 1.46 bits per heavy atom. The van der Waals surface area contributed by atoms with E-state index in [4.69, 9.17) is 4.74 Å². The number of ketones is 1. The van der Waals surface area contributed by atoms with Gasteiger partial charge in [0, 0.05) is 26.1 Å². The van der Waals surface area contributed by atoms with Crippen molar-refractivity contribution < 1.29 is 19.7 Å². The molecule has 5 rings (SSSR count). The number of hydrogen-bond donors (Lipinski definition) is 2. The maximum atomic E-state index is 13.7. The summed E-state index contributed by atoms with van der Waals surface area (Å²) in [5, 5.41) is 20.5. The molecule has 0 atom stereocenters. The molecule has 204 valence electrons. The first-order valence-electron chi connectivity index (χ1n) is 14.1. The fourth-order valence-electron chi connectivity index (χ4n) is 5.31. The second-order valence-electron chi connectivity index (χ2n) is 10.4. The van der Waals surface area contributed by atoms with Crippen molar-refractivity contribution in [2.75, 3.05) is 26.2 Å². The molecule has 1 aromatic heterocycles. The van der Waals surface area contributed by atoms with Crippen LogP contribution < -0.4 is 4.74 Å². The van der Waals surface area contributed by atoms with Crippen molar-refractivity contribution in [1.82, 2.24) is 4.90 Å². The summed E-state index contributed by atoms with van der Waals surface area (Å²) in [6, 6.07) is 19.3. The molecule has 0 unspecified atom stereocenters. The van der Waals surface area contributed by atoms with Gasteiger partial charge in [0.2, 0.25) is 0 Å². The van der Waals surface area contributed by atoms with Crippen LogP contribution in [0.1, 0.15) is 67.3 Å². The number of phenolic OH excluding ortho intramolecular Hbond substituents is 2. The maximum Gasteiger partial charge on any atom is 0.195 e. The third-order valence-corrected chi connectivity index (χ3v) is 8.68. The summed E-state index contributed by atoms with van der Waals surface area (Å²) >= 11 is 1.46. The van der Waals surface area contributed by atoms with Crippen LogP contribution in [0.15, 0.2) is 66.7 Å². The van der Waals surface area contributed by atoms with E-state index in [1.165, 1.54) is 75.9 Å². The highest BCUT2D eigenvalue weighted by Crippen LogP contribution is 2.41. The predicted octanol–water partition coefficient (Wildman–Crippen LogP) is 8.03. The van der Waals surface area contributed by atoms with Crippen molar-refractivity contribution >= 4 is 27.2 Å². The van der Waals surface area contributed by atoms with Crippen LogP contribution in [-0.2, 0) is 0 Å². The van der Waals surface area contributed by atoms with Gasteiger partial charge in [-0.1, -0.05) is 25.7 Å². The van der Waals surface area contributed by atoms with Crippen LogP contribution in [0.25, 0.3) is 20.5 Å². The number of aromatic hydroxyl groups is 2. The van der Waals surface area contributed by atoms with E-state index in [9.17, 15) is 15.0 Å². The maximum absolute atomic E-state index is 13.7. The molecule has 0 spiro atoms. The summed E-state index contributed by atoms with van der Waals surface area (Å²) in [6.07, 6.45) is 10.2. The summed E-state index contributed by atoms with van der Waals surface area (Å²) in [5.74, 6) is 1.04. The normalized spacial score (nSPS) is 13.7. The van der Waals surface area contributed by atoms with Crippen molar-refractivity contribution in [3.8, 4) is 27.7 Å². The molecule has 1 fully saturated rings. The van der Waals surface area contributed by atoms with Crippen LogP contribution in [-0.4, -0.2) is 47.1 Å². The molecule has 0 radical (unpaired) electrons. The van der Waals surface area contributed by atoms with Gasteiger partial charge in [-0.05, 0) is 118 Å². The molecule has 0 amide bonds. The largest absolute Gasteiger partial charge is 0.508 e. The zero-order valence-corrected chi connectivity index (χ0v) is 23.2. The molecule has 2 N–H and O–H groups in total. The molecule has 0 aliphatic carbocycles. The molecule has 0 bridgehead atoms. The number of likely N-dealkylation sites (tertiary alicyclic amines) is 1. The first-order valence-corrected chi connectivity index (χ1v) is 14.9. The second kappa shape index (κ2) is 13.1. The summed E-state index contributed by atoms with van der Waals surface area (Å²) in [5.41, 5.74) is 2.04. The van der Waals surface area contributed by atoms with Crippen LogP contribution in [0, 0.1) is 0 Å².